The standard InChI is InChI=1S/C22H31N5OS.HI/c1-23-22(24-12-6-11-21-25-17-7-2-5-10-20(17)29-21)27-15-13-26(14-16-27)18-8-3-4-9-19(18)28;/h3-4,8-9,28H,2,5-7,10-16H2,1H3,(H,23,24);1H. The van der Waals surface area contributed by atoms with Crippen molar-refractivity contribution < 1.29 is 5.11 Å². The predicted molar refractivity (Wildman–Crippen MR) is 136 cm³/mol. The maximum Gasteiger partial charge on any atom is 0.193 e. The molecule has 1 aromatic heterocycles. The zero-order valence-electron chi connectivity index (χ0n) is 17.6. The minimum atomic E-state index is 0. The van der Waals surface area contributed by atoms with Crippen molar-refractivity contribution in [1.82, 2.24) is 15.2 Å². The van der Waals surface area contributed by atoms with Gasteiger partial charge in [-0.25, -0.2) is 4.98 Å². The molecule has 1 saturated heterocycles. The highest BCUT2D eigenvalue weighted by Gasteiger charge is 2.21. The number of hydrogen-bond acceptors (Lipinski definition) is 5. The maximum atomic E-state index is 10.1. The van der Waals surface area contributed by atoms with Gasteiger partial charge in [-0.15, -0.1) is 35.3 Å². The van der Waals surface area contributed by atoms with E-state index in [1.807, 2.05) is 36.6 Å². The number of rotatable bonds is 5. The summed E-state index contributed by atoms with van der Waals surface area (Å²) in [5, 5.41) is 14.9. The molecule has 164 valence electrons. The van der Waals surface area contributed by atoms with E-state index in [1.54, 1.807) is 6.07 Å². The molecule has 1 fully saturated rings. The Bertz CT molecular complexity index is 824. The number of aryl methyl sites for hydroxylation is 3. The fourth-order valence-corrected chi connectivity index (χ4v) is 5.37. The third-order valence-corrected chi connectivity index (χ3v) is 6.97. The van der Waals surface area contributed by atoms with Gasteiger partial charge in [-0.05, 0) is 44.2 Å². The molecular weight excluding hydrogens is 509 g/mol. The van der Waals surface area contributed by atoms with Crippen molar-refractivity contribution in [2.45, 2.75) is 38.5 Å². The quantitative estimate of drug-likeness (QED) is 0.262. The fourth-order valence-electron chi connectivity index (χ4n) is 4.18. The van der Waals surface area contributed by atoms with Crippen LogP contribution < -0.4 is 10.2 Å². The first-order valence-corrected chi connectivity index (χ1v) is 11.5. The summed E-state index contributed by atoms with van der Waals surface area (Å²) in [7, 11) is 1.85. The lowest BCUT2D eigenvalue weighted by Gasteiger charge is -2.37. The van der Waals surface area contributed by atoms with Gasteiger partial charge in [0, 0.05) is 51.1 Å². The summed E-state index contributed by atoms with van der Waals surface area (Å²) in [6.07, 6.45) is 7.13. The number of guanidine groups is 1. The van der Waals surface area contributed by atoms with Crippen LogP contribution in [0.2, 0.25) is 0 Å². The van der Waals surface area contributed by atoms with E-state index in [4.69, 9.17) is 4.98 Å². The Morgan fingerprint density at radius 2 is 1.93 bits per heavy atom. The highest BCUT2D eigenvalue weighted by molar-refractivity contribution is 14.0. The molecule has 0 atom stereocenters. The van der Waals surface area contributed by atoms with Gasteiger partial charge in [0.25, 0.3) is 0 Å². The fraction of sp³-hybridized carbons (Fsp3) is 0.545. The lowest BCUT2D eigenvalue weighted by molar-refractivity contribution is 0.369. The van der Waals surface area contributed by atoms with Gasteiger partial charge in [0.05, 0.1) is 16.4 Å². The second-order valence-electron chi connectivity index (χ2n) is 7.72. The molecule has 1 aliphatic heterocycles. The minimum Gasteiger partial charge on any atom is -0.506 e. The smallest absolute Gasteiger partial charge is 0.193 e. The first-order valence-electron chi connectivity index (χ1n) is 10.7. The molecule has 1 aliphatic carbocycles. The summed E-state index contributed by atoms with van der Waals surface area (Å²) in [5.41, 5.74) is 2.28. The number of para-hydroxylation sites is 2. The van der Waals surface area contributed by atoms with Gasteiger partial charge in [-0.2, -0.15) is 0 Å². The number of nitrogens with zero attached hydrogens (tertiary/aromatic N) is 4. The zero-order chi connectivity index (χ0) is 20.1. The highest BCUT2D eigenvalue weighted by atomic mass is 127. The summed E-state index contributed by atoms with van der Waals surface area (Å²) in [4.78, 5) is 15.4. The van der Waals surface area contributed by atoms with E-state index >= 15 is 0 Å². The van der Waals surface area contributed by atoms with Gasteiger partial charge in [0.2, 0.25) is 0 Å². The van der Waals surface area contributed by atoms with Crippen LogP contribution in [0.1, 0.15) is 34.8 Å². The monoisotopic (exact) mass is 541 g/mol. The first-order chi connectivity index (χ1) is 14.2. The molecule has 2 aliphatic rings. The number of fused-ring (bicyclic) bond motifs is 1. The number of nitrogens with one attached hydrogen (secondary N) is 1. The number of phenols is 1. The molecule has 0 spiro atoms. The largest absolute Gasteiger partial charge is 0.506 e. The zero-order valence-corrected chi connectivity index (χ0v) is 20.8. The number of aromatic hydroxyl groups is 1. The molecule has 0 saturated carbocycles. The summed E-state index contributed by atoms with van der Waals surface area (Å²) in [6.45, 7) is 4.46. The van der Waals surface area contributed by atoms with Crippen LogP contribution in [0.4, 0.5) is 5.69 Å². The topological polar surface area (TPSA) is 64.0 Å². The van der Waals surface area contributed by atoms with Crippen molar-refractivity contribution >= 4 is 47.0 Å². The van der Waals surface area contributed by atoms with Gasteiger partial charge < -0.3 is 20.2 Å². The number of anilines is 1. The molecule has 1 aromatic carbocycles. The van der Waals surface area contributed by atoms with Gasteiger partial charge >= 0.3 is 0 Å². The number of thiazole rings is 1. The summed E-state index contributed by atoms with van der Waals surface area (Å²) >= 11 is 1.92. The SMILES string of the molecule is CN=C(NCCCc1nc2c(s1)CCCC2)N1CCN(c2ccccc2O)CC1.I. The second-order valence-corrected chi connectivity index (χ2v) is 8.89. The van der Waals surface area contributed by atoms with Crippen molar-refractivity contribution in [1.29, 1.82) is 0 Å². The Morgan fingerprint density at radius 3 is 2.67 bits per heavy atom. The van der Waals surface area contributed by atoms with Crippen LogP contribution in [0.3, 0.4) is 0 Å². The number of aliphatic imine (C=N–C) groups is 1. The number of piperazine rings is 1. The van der Waals surface area contributed by atoms with Crippen molar-refractivity contribution in [2.24, 2.45) is 4.99 Å². The van der Waals surface area contributed by atoms with E-state index in [9.17, 15) is 5.11 Å². The van der Waals surface area contributed by atoms with E-state index in [-0.39, 0.29) is 24.0 Å². The third kappa shape index (κ3) is 5.57. The highest BCUT2D eigenvalue weighted by Crippen LogP contribution is 2.28. The van der Waals surface area contributed by atoms with Crippen molar-refractivity contribution in [3.63, 3.8) is 0 Å². The Labute approximate surface area is 200 Å². The minimum absolute atomic E-state index is 0. The summed E-state index contributed by atoms with van der Waals surface area (Å²) < 4.78 is 0. The molecule has 0 bridgehead atoms. The number of phenolic OH excluding ortho intramolecular Hbond substituents is 1. The van der Waals surface area contributed by atoms with Crippen molar-refractivity contribution in [2.75, 3.05) is 44.7 Å². The van der Waals surface area contributed by atoms with Crippen LogP contribution in [0.15, 0.2) is 29.3 Å². The molecule has 2 N–H and O–H groups in total. The van der Waals surface area contributed by atoms with E-state index in [2.05, 4.69) is 20.1 Å². The normalized spacial score (nSPS) is 16.8. The second kappa shape index (κ2) is 11.2. The van der Waals surface area contributed by atoms with E-state index in [1.165, 1.54) is 41.3 Å². The molecule has 0 radical (unpaired) electrons. The molecule has 4 rings (SSSR count). The van der Waals surface area contributed by atoms with Gasteiger partial charge in [-0.3, -0.25) is 4.99 Å². The molecule has 6 nitrogen and oxygen atoms in total. The summed E-state index contributed by atoms with van der Waals surface area (Å²) in [5.74, 6) is 1.33. The molecular formula is C22H32IN5OS. The average molecular weight is 542 g/mol. The van der Waals surface area contributed by atoms with E-state index < -0.39 is 0 Å². The van der Waals surface area contributed by atoms with Crippen LogP contribution in [-0.2, 0) is 19.3 Å². The van der Waals surface area contributed by atoms with Gasteiger partial charge in [-0.1, -0.05) is 12.1 Å². The van der Waals surface area contributed by atoms with Crippen LogP contribution in [-0.4, -0.2) is 60.7 Å². The lowest BCUT2D eigenvalue weighted by Crippen LogP contribution is -2.52. The lowest BCUT2D eigenvalue weighted by atomic mass is 10.0. The van der Waals surface area contributed by atoms with E-state index in [0.717, 1.165) is 57.2 Å². The number of benzene rings is 1. The number of hydrogen-bond donors (Lipinski definition) is 2. The molecule has 8 heteroatoms. The molecule has 30 heavy (non-hydrogen) atoms. The van der Waals surface area contributed by atoms with E-state index in [0.29, 0.717) is 5.75 Å². The Kier molecular flexibility index (Phi) is 8.61. The van der Waals surface area contributed by atoms with Gasteiger partial charge in [0.15, 0.2) is 5.96 Å². The Morgan fingerprint density at radius 1 is 1.17 bits per heavy atom. The Hall–Kier alpha value is -1.55. The summed E-state index contributed by atoms with van der Waals surface area (Å²) in [6, 6.07) is 7.57. The number of halogens is 1. The third-order valence-electron chi connectivity index (χ3n) is 5.75. The van der Waals surface area contributed by atoms with Crippen molar-refractivity contribution in [3.8, 4) is 5.75 Å². The number of aromatic nitrogens is 1. The maximum absolute atomic E-state index is 10.1. The van der Waals surface area contributed by atoms with Crippen LogP contribution in [0.25, 0.3) is 0 Å². The van der Waals surface area contributed by atoms with Gasteiger partial charge in [0.1, 0.15) is 5.75 Å². The van der Waals surface area contributed by atoms with Crippen LogP contribution in [0, 0.1) is 0 Å². The molecule has 0 unspecified atom stereocenters. The molecule has 2 aromatic rings. The van der Waals surface area contributed by atoms with Crippen LogP contribution in [0.5, 0.6) is 5.75 Å². The Balaban J connectivity index is 0.00000256. The molecule has 0 amide bonds. The average Bonchev–Trinajstić information content (AvgIpc) is 3.17. The predicted octanol–water partition coefficient (Wildman–Crippen LogP) is 3.68. The van der Waals surface area contributed by atoms with Crippen molar-refractivity contribution in [3.05, 3.63) is 39.8 Å². The molecule has 2 heterocycles. The van der Waals surface area contributed by atoms with Crippen LogP contribution >= 0.6 is 35.3 Å². The first kappa shape index (κ1) is 23.1.